The molecule has 278 valence electrons. The van der Waals surface area contributed by atoms with Gasteiger partial charge in [-0.2, -0.15) is 0 Å². The number of nitro groups is 1. The van der Waals surface area contributed by atoms with Crippen LogP contribution in [0.15, 0.2) is 83.6 Å². The molecule has 0 saturated heterocycles. The van der Waals surface area contributed by atoms with Crippen molar-refractivity contribution in [3.63, 3.8) is 0 Å². The van der Waals surface area contributed by atoms with E-state index in [0.29, 0.717) is 49.4 Å². The molecule has 5 rings (SSSR count). The average Bonchev–Trinajstić information content (AvgIpc) is 3.11. The molecule has 3 aromatic rings. The van der Waals surface area contributed by atoms with Crippen molar-refractivity contribution in [3.05, 3.63) is 127 Å². The number of nitrogens with zero attached hydrogens (tertiary/aromatic N) is 3. The zero-order chi connectivity index (χ0) is 38.4. The molecule has 0 atom stereocenters. The van der Waals surface area contributed by atoms with E-state index in [-0.39, 0.29) is 35.2 Å². The number of rotatable bonds is 15. The van der Waals surface area contributed by atoms with Gasteiger partial charge in [-0.05, 0) is 94.9 Å². The topological polar surface area (TPSA) is 134 Å². The van der Waals surface area contributed by atoms with Crippen LogP contribution in [0.1, 0.15) is 49.4 Å². The summed E-state index contributed by atoms with van der Waals surface area (Å²) in [4.78, 5) is 39.1. The second-order valence-corrected chi connectivity index (χ2v) is 18.6. The van der Waals surface area contributed by atoms with Crippen LogP contribution in [-0.4, -0.2) is 101 Å². The smallest absolute Gasteiger partial charge is 0.336 e. The fourth-order valence-corrected chi connectivity index (χ4v) is 9.94. The molecular formula is C41H49N4O7Si+. The predicted molar refractivity (Wildman–Crippen MR) is 212 cm³/mol. The van der Waals surface area contributed by atoms with Crippen LogP contribution in [-0.2, 0) is 15.9 Å². The molecule has 2 N–H and O–H groups in total. The third-order valence-corrected chi connectivity index (χ3v) is 13.3. The fraction of sp³-hybridized carbons (Fsp3) is 0.341. The Bertz CT molecular complexity index is 2060. The summed E-state index contributed by atoms with van der Waals surface area (Å²) in [6.45, 7) is 8.24. The van der Waals surface area contributed by atoms with Gasteiger partial charge in [0.15, 0.2) is 5.71 Å². The summed E-state index contributed by atoms with van der Waals surface area (Å²) in [5.41, 5.74) is 7.72. The monoisotopic (exact) mass is 737 g/mol. The first-order valence-corrected chi connectivity index (χ1v) is 20.8. The number of nitrogens with one attached hydrogen (secondary N) is 1. The van der Waals surface area contributed by atoms with Crippen LogP contribution in [0.5, 0.6) is 0 Å². The number of ether oxygens (including phenoxy) is 2. The number of hydrogen-bond acceptors (Lipinski definition) is 7. The highest BCUT2D eigenvalue weighted by Gasteiger charge is 2.41. The normalized spacial score (nSPS) is 14.3. The number of carbonyl (C=O) groups is 2. The van der Waals surface area contributed by atoms with Crippen LogP contribution in [0.25, 0.3) is 5.57 Å². The summed E-state index contributed by atoms with van der Waals surface area (Å²) < 4.78 is 13.4. The van der Waals surface area contributed by atoms with Gasteiger partial charge in [0, 0.05) is 62.3 Å². The molecular weight excluding hydrogens is 689 g/mol. The highest BCUT2D eigenvalue weighted by molar-refractivity contribution is 6.98. The van der Waals surface area contributed by atoms with Crippen LogP contribution in [0.4, 0.5) is 11.4 Å². The molecule has 1 aliphatic carbocycles. The standard InChI is InChI=1S/C41H48N4O7Si/c1-27-10-17-36(45(49)50)28(23-27)9-8-19-51-21-22-52-20-18-42-40(46)29-11-14-32(41(47)48)35(24-29)39-33-15-12-30(43(2)3)25-37(33)53(6,7)38-26-31(44(4)5)13-16-34(38)39/h10-17,23-26H,8-9,18-22H2,1-7H3,(H-,42,46,47,48)/p+1. The lowest BCUT2D eigenvalue weighted by Gasteiger charge is -2.38. The van der Waals surface area contributed by atoms with Gasteiger partial charge in [-0.25, -0.2) is 9.37 Å². The second-order valence-electron chi connectivity index (χ2n) is 14.3. The summed E-state index contributed by atoms with van der Waals surface area (Å²) in [6.07, 6.45) is 7.58. The maximum atomic E-state index is 13.4. The van der Waals surface area contributed by atoms with E-state index in [9.17, 15) is 24.8 Å². The Morgan fingerprint density at radius 3 is 2.34 bits per heavy atom. The van der Waals surface area contributed by atoms with Crippen LogP contribution < -0.4 is 15.4 Å². The maximum absolute atomic E-state index is 13.4. The number of anilines is 1. The van der Waals surface area contributed by atoms with E-state index >= 15 is 0 Å². The molecule has 11 nitrogen and oxygen atoms in total. The van der Waals surface area contributed by atoms with Gasteiger partial charge < -0.3 is 24.8 Å². The van der Waals surface area contributed by atoms with E-state index in [0.717, 1.165) is 33.7 Å². The predicted octanol–water partition coefficient (Wildman–Crippen LogP) is 5.54. The number of hydrogen-bond donors (Lipinski definition) is 2. The highest BCUT2D eigenvalue weighted by Crippen LogP contribution is 2.43. The molecule has 0 aromatic heterocycles. The SMILES string of the molecule is Cc1ccc([N+](=O)[O-])c(CCCOCCOCCNC(=O)c2ccc(C(=O)O)c(C3=C4C=CC(=[N+](C)C)C=C4[Si](C)(C)c4cc(N(C)C)ccc43)c2)c1. The van der Waals surface area contributed by atoms with Crippen molar-refractivity contribution >= 4 is 47.8 Å². The summed E-state index contributed by atoms with van der Waals surface area (Å²) in [6, 6.07) is 16.3. The zero-order valence-corrected chi connectivity index (χ0v) is 32.6. The van der Waals surface area contributed by atoms with Gasteiger partial charge in [0.2, 0.25) is 0 Å². The number of allylic oxidation sites excluding steroid dienone is 5. The van der Waals surface area contributed by atoms with Crippen LogP contribution >= 0.6 is 0 Å². The van der Waals surface area contributed by atoms with Crippen molar-refractivity contribution in [3.8, 4) is 0 Å². The number of carboxylic acid groups (broad SMARTS) is 1. The van der Waals surface area contributed by atoms with Crippen molar-refractivity contribution in [2.24, 2.45) is 0 Å². The average molecular weight is 738 g/mol. The molecule has 0 radical (unpaired) electrons. The van der Waals surface area contributed by atoms with E-state index in [1.807, 2.05) is 41.2 Å². The lowest BCUT2D eigenvalue weighted by molar-refractivity contribution is -0.462. The first-order valence-electron chi connectivity index (χ1n) is 17.8. The molecule has 0 bridgehead atoms. The third kappa shape index (κ3) is 8.73. The molecule has 2 aliphatic rings. The largest absolute Gasteiger partial charge is 0.478 e. The molecule has 0 spiro atoms. The van der Waals surface area contributed by atoms with Crippen LogP contribution in [0, 0.1) is 17.0 Å². The van der Waals surface area contributed by atoms with Gasteiger partial charge in [-0.1, -0.05) is 30.8 Å². The number of benzene rings is 3. The zero-order valence-electron chi connectivity index (χ0n) is 31.6. The molecule has 0 fully saturated rings. The van der Waals surface area contributed by atoms with Gasteiger partial charge in [0.05, 0.1) is 30.3 Å². The number of aromatic carboxylic acids is 1. The Labute approximate surface area is 312 Å². The molecule has 0 saturated carbocycles. The van der Waals surface area contributed by atoms with Crippen molar-refractivity contribution in [1.29, 1.82) is 0 Å². The lowest BCUT2D eigenvalue weighted by atomic mass is 9.86. The number of aryl methyl sites for hydroxylation is 2. The number of fused-ring (bicyclic) bond motifs is 2. The summed E-state index contributed by atoms with van der Waals surface area (Å²) in [5.74, 6) is -1.39. The molecule has 1 aliphatic heterocycles. The van der Waals surface area contributed by atoms with Gasteiger partial charge in [-0.3, -0.25) is 14.9 Å². The Morgan fingerprint density at radius 1 is 0.925 bits per heavy atom. The van der Waals surface area contributed by atoms with Crippen LogP contribution in [0.2, 0.25) is 13.1 Å². The number of nitro benzene ring substituents is 1. The Kier molecular flexibility index (Phi) is 12.3. The Balaban J connectivity index is 1.27. The molecule has 1 heterocycles. The minimum Gasteiger partial charge on any atom is -0.478 e. The molecule has 0 unspecified atom stereocenters. The van der Waals surface area contributed by atoms with Crippen molar-refractivity contribution in [1.82, 2.24) is 5.32 Å². The summed E-state index contributed by atoms with van der Waals surface area (Å²) in [7, 11) is 5.80. The highest BCUT2D eigenvalue weighted by atomic mass is 28.3. The summed E-state index contributed by atoms with van der Waals surface area (Å²) >= 11 is 0. The molecule has 3 aromatic carbocycles. The van der Waals surface area contributed by atoms with E-state index in [1.54, 1.807) is 24.3 Å². The van der Waals surface area contributed by atoms with E-state index in [1.165, 1.54) is 16.4 Å². The summed E-state index contributed by atoms with van der Waals surface area (Å²) in [5, 5.41) is 27.0. The number of amides is 1. The molecule has 12 heteroatoms. The Morgan fingerprint density at radius 2 is 1.66 bits per heavy atom. The maximum Gasteiger partial charge on any atom is 0.336 e. The first kappa shape index (κ1) is 39.0. The lowest BCUT2D eigenvalue weighted by Crippen LogP contribution is -2.49. The number of carboxylic acids is 1. The Hall–Kier alpha value is -5.17. The molecule has 53 heavy (non-hydrogen) atoms. The molecule has 1 amide bonds. The van der Waals surface area contributed by atoms with Gasteiger partial charge in [0.1, 0.15) is 22.2 Å². The van der Waals surface area contributed by atoms with E-state index < -0.39 is 14.0 Å². The van der Waals surface area contributed by atoms with Gasteiger partial charge >= 0.3 is 5.97 Å². The van der Waals surface area contributed by atoms with E-state index in [2.05, 4.69) is 64.3 Å². The third-order valence-electron chi connectivity index (χ3n) is 9.78. The van der Waals surface area contributed by atoms with Crippen LogP contribution in [0.3, 0.4) is 0 Å². The quantitative estimate of drug-likeness (QED) is 0.0683. The van der Waals surface area contributed by atoms with Gasteiger partial charge in [0.25, 0.3) is 11.6 Å². The fourth-order valence-electron chi connectivity index (χ4n) is 6.87. The van der Waals surface area contributed by atoms with Crippen molar-refractivity contribution in [2.45, 2.75) is 32.9 Å². The van der Waals surface area contributed by atoms with Crippen molar-refractivity contribution < 1.29 is 33.7 Å². The minimum absolute atomic E-state index is 0.126. The first-order chi connectivity index (χ1) is 25.2. The van der Waals surface area contributed by atoms with Gasteiger partial charge in [-0.15, -0.1) is 0 Å². The minimum atomic E-state index is -2.25. The van der Waals surface area contributed by atoms with E-state index in [4.69, 9.17) is 9.47 Å². The second kappa shape index (κ2) is 16.7. The van der Waals surface area contributed by atoms with Crippen molar-refractivity contribution in [2.75, 3.05) is 66.1 Å². The number of carbonyl (C=O) groups excluding carboxylic acids is 1.